The number of carbonyl (C=O) groups is 1. The summed E-state index contributed by atoms with van der Waals surface area (Å²) in [6.07, 6.45) is 5.09. The summed E-state index contributed by atoms with van der Waals surface area (Å²) in [5.74, 6) is -0.732. The average molecular weight is 478 g/mol. The Kier molecular flexibility index (Phi) is 4.57. The van der Waals surface area contributed by atoms with Crippen LogP contribution in [-0.2, 0) is 4.79 Å². The molecule has 6 rings (SSSR count). The third-order valence-corrected chi connectivity index (χ3v) is 7.25. The van der Waals surface area contributed by atoms with Crippen LogP contribution in [0.3, 0.4) is 0 Å². The molecule has 2 fully saturated rings. The monoisotopic (exact) mass is 477 g/mol. The molecular formula is C25H18ClF2N5O. The number of anilines is 1. The molecule has 1 amide bonds. The molecule has 0 aliphatic carbocycles. The topological polar surface area (TPSA) is 62.2 Å². The fourth-order valence-corrected chi connectivity index (χ4v) is 5.34. The first-order valence-corrected chi connectivity index (χ1v) is 11.2. The van der Waals surface area contributed by atoms with Gasteiger partial charge in [-0.1, -0.05) is 42.4 Å². The van der Waals surface area contributed by atoms with Gasteiger partial charge in [-0.05, 0) is 23.9 Å². The van der Waals surface area contributed by atoms with E-state index in [0.29, 0.717) is 47.2 Å². The predicted octanol–water partition coefficient (Wildman–Crippen LogP) is 4.75. The Balaban J connectivity index is 1.41. The molecule has 0 bridgehead atoms. The fraction of sp³-hybridized carbons (Fsp3) is 0.200. The van der Waals surface area contributed by atoms with Crippen molar-refractivity contribution in [3.8, 4) is 11.3 Å². The van der Waals surface area contributed by atoms with Crippen molar-refractivity contribution in [2.75, 3.05) is 24.5 Å². The number of pyridine rings is 1. The van der Waals surface area contributed by atoms with Gasteiger partial charge < -0.3 is 9.80 Å². The molecule has 0 atom stereocenters. The molecule has 2 aliphatic rings. The standard InChI is InChI=1S/C25H18ClF2N5O/c1-2-18(34)33-9-8-25(33)11-32(12-25)24-16-10-29-22(21(28)23(16)30-13-31-24)15-5-3-4-14-6-7-17(27)20(26)19(14)15/h2-7,10,13H,1,8-9,11-12H2. The second-order valence-electron chi connectivity index (χ2n) is 8.67. The smallest absolute Gasteiger partial charge is 0.246 e. The van der Waals surface area contributed by atoms with E-state index in [-0.39, 0.29) is 27.7 Å². The van der Waals surface area contributed by atoms with E-state index >= 15 is 4.39 Å². The maximum Gasteiger partial charge on any atom is 0.246 e. The van der Waals surface area contributed by atoms with Crippen LogP contribution in [0.4, 0.5) is 14.6 Å². The van der Waals surface area contributed by atoms with Crippen molar-refractivity contribution >= 4 is 45.0 Å². The van der Waals surface area contributed by atoms with E-state index in [2.05, 4.69) is 21.5 Å². The minimum atomic E-state index is -0.628. The molecule has 0 N–H and O–H groups in total. The van der Waals surface area contributed by atoms with Crippen LogP contribution in [0.15, 0.2) is 55.5 Å². The van der Waals surface area contributed by atoms with Crippen LogP contribution in [0.1, 0.15) is 6.42 Å². The molecule has 0 radical (unpaired) electrons. The first-order chi connectivity index (χ1) is 16.4. The van der Waals surface area contributed by atoms with Crippen LogP contribution < -0.4 is 4.90 Å². The Morgan fingerprint density at radius 2 is 1.97 bits per heavy atom. The van der Waals surface area contributed by atoms with Gasteiger partial charge in [0.05, 0.1) is 15.9 Å². The van der Waals surface area contributed by atoms with E-state index in [1.165, 1.54) is 24.7 Å². The zero-order valence-electron chi connectivity index (χ0n) is 17.9. The Labute approximate surface area is 198 Å². The normalized spacial score (nSPS) is 16.6. The number of hydrogen-bond donors (Lipinski definition) is 0. The highest BCUT2D eigenvalue weighted by molar-refractivity contribution is 6.36. The van der Waals surface area contributed by atoms with Crippen LogP contribution in [-0.4, -0.2) is 50.9 Å². The van der Waals surface area contributed by atoms with Gasteiger partial charge in [0.2, 0.25) is 5.91 Å². The molecule has 9 heteroatoms. The SMILES string of the molecule is C=CC(=O)N1CCC12CN(c1ncnc3c(F)c(-c4cccc5ccc(F)c(Cl)c45)ncc13)C2. The van der Waals surface area contributed by atoms with Gasteiger partial charge in [0, 0.05) is 36.8 Å². The van der Waals surface area contributed by atoms with Gasteiger partial charge in [0.25, 0.3) is 0 Å². The Bertz CT molecular complexity index is 1520. The van der Waals surface area contributed by atoms with Gasteiger partial charge in [-0.15, -0.1) is 0 Å². The quantitative estimate of drug-likeness (QED) is 0.398. The van der Waals surface area contributed by atoms with Crippen LogP contribution in [0.2, 0.25) is 5.02 Å². The number of halogens is 3. The van der Waals surface area contributed by atoms with Crippen LogP contribution in [0, 0.1) is 11.6 Å². The highest BCUT2D eigenvalue weighted by Crippen LogP contribution is 2.43. The molecule has 34 heavy (non-hydrogen) atoms. The molecule has 2 saturated heterocycles. The first kappa shape index (κ1) is 20.9. The third-order valence-electron chi connectivity index (χ3n) is 6.88. The molecule has 4 aromatic rings. The predicted molar refractivity (Wildman–Crippen MR) is 127 cm³/mol. The number of benzene rings is 2. The molecule has 170 valence electrons. The lowest BCUT2D eigenvalue weighted by molar-refractivity contribution is -0.144. The largest absolute Gasteiger partial charge is 0.351 e. The summed E-state index contributed by atoms with van der Waals surface area (Å²) in [6.45, 7) is 5.47. The van der Waals surface area contributed by atoms with Crippen molar-refractivity contribution in [2.24, 2.45) is 0 Å². The highest BCUT2D eigenvalue weighted by atomic mass is 35.5. The fourth-order valence-electron chi connectivity index (χ4n) is 5.06. The van der Waals surface area contributed by atoms with E-state index in [0.717, 1.165) is 6.42 Å². The third kappa shape index (κ3) is 2.84. The number of carbonyl (C=O) groups excluding carboxylic acids is 1. The average Bonchev–Trinajstić information content (AvgIpc) is 2.80. The molecule has 0 unspecified atom stereocenters. The van der Waals surface area contributed by atoms with Crippen LogP contribution in [0.25, 0.3) is 32.9 Å². The summed E-state index contributed by atoms with van der Waals surface area (Å²) < 4.78 is 29.9. The van der Waals surface area contributed by atoms with Crippen molar-refractivity contribution < 1.29 is 13.6 Å². The molecule has 4 heterocycles. The maximum atomic E-state index is 15.8. The van der Waals surface area contributed by atoms with Gasteiger partial charge >= 0.3 is 0 Å². The molecule has 2 aliphatic heterocycles. The van der Waals surface area contributed by atoms with Crippen molar-refractivity contribution in [1.29, 1.82) is 0 Å². The van der Waals surface area contributed by atoms with Gasteiger partial charge in [0.1, 0.15) is 29.2 Å². The van der Waals surface area contributed by atoms with E-state index in [9.17, 15) is 9.18 Å². The molecule has 2 aromatic heterocycles. The van der Waals surface area contributed by atoms with Crippen molar-refractivity contribution in [2.45, 2.75) is 12.0 Å². The summed E-state index contributed by atoms with van der Waals surface area (Å²) in [5, 5.41) is 1.46. The lowest BCUT2D eigenvalue weighted by Crippen LogP contribution is -2.78. The number of aromatic nitrogens is 3. The lowest BCUT2D eigenvalue weighted by Gasteiger charge is -2.62. The van der Waals surface area contributed by atoms with E-state index < -0.39 is 11.6 Å². The second kappa shape index (κ2) is 7.43. The number of likely N-dealkylation sites (tertiary alicyclic amines) is 1. The van der Waals surface area contributed by atoms with Crippen molar-refractivity contribution in [3.63, 3.8) is 0 Å². The molecule has 6 nitrogen and oxygen atoms in total. The summed E-state index contributed by atoms with van der Waals surface area (Å²) in [7, 11) is 0. The molecular weight excluding hydrogens is 460 g/mol. The van der Waals surface area contributed by atoms with Crippen molar-refractivity contribution in [1.82, 2.24) is 19.9 Å². The van der Waals surface area contributed by atoms with Crippen molar-refractivity contribution in [3.05, 3.63) is 72.2 Å². The Hall–Kier alpha value is -3.65. The summed E-state index contributed by atoms with van der Waals surface area (Å²) in [5.41, 5.74) is 0.320. The maximum absolute atomic E-state index is 15.8. The lowest BCUT2D eigenvalue weighted by atomic mass is 9.77. The number of fused-ring (bicyclic) bond motifs is 2. The second-order valence-corrected chi connectivity index (χ2v) is 9.05. The molecule has 2 aromatic carbocycles. The van der Waals surface area contributed by atoms with E-state index in [1.807, 2.05) is 9.80 Å². The Morgan fingerprint density at radius 1 is 1.15 bits per heavy atom. The zero-order valence-corrected chi connectivity index (χ0v) is 18.7. The number of amides is 1. The molecule has 0 saturated carbocycles. The minimum Gasteiger partial charge on any atom is -0.351 e. The summed E-state index contributed by atoms with van der Waals surface area (Å²) in [6, 6.07) is 8.07. The first-order valence-electron chi connectivity index (χ1n) is 10.8. The number of hydrogen-bond acceptors (Lipinski definition) is 5. The summed E-state index contributed by atoms with van der Waals surface area (Å²) in [4.78, 5) is 28.8. The van der Waals surface area contributed by atoms with Crippen LogP contribution in [0.5, 0.6) is 0 Å². The van der Waals surface area contributed by atoms with Gasteiger partial charge in [-0.3, -0.25) is 9.78 Å². The van der Waals surface area contributed by atoms with Crippen LogP contribution >= 0.6 is 11.6 Å². The molecule has 1 spiro atoms. The number of rotatable bonds is 3. The van der Waals surface area contributed by atoms with Gasteiger partial charge in [0.15, 0.2) is 5.82 Å². The van der Waals surface area contributed by atoms with Gasteiger partial charge in [-0.25, -0.2) is 18.7 Å². The van der Waals surface area contributed by atoms with E-state index in [1.54, 1.807) is 24.3 Å². The Morgan fingerprint density at radius 3 is 2.71 bits per heavy atom. The minimum absolute atomic E-state index is 0.0390. The highest BCUT2D eigenvalue weighted by Gasteiger charge is 2.55. The number of nitrogens with zero attached hydrogens (tertiary/aromatic N) is 5. The zero-order chi connectivity index (χ0) is 23.6. The summed E-state index contributed by atoms with van der Waals surface area (Å²) >= 11 is 6.24. The van der Waals surface area contributed by atoms with E-state index in [4.69, 9.17) is 11.6 Å². The van der Waals surface area contributed by atoms with Gasteiger partial charge in [-0.2, -0.15) is 0 Å².